The molecule has 3 nitrogen and oxygen atoms in total. The smallest absolute Gasteiger partial charge is 0.186 e. The van der Waals surface area contributed by atoms with Crippen LogP contribution in [0.4, 0.5) is 5.13 Å². The molecular weight excluding hydrogens is 232 g/mol. The first kappa shape index (κ1) is 12.6. The van der Waals surface area contributed by atoms with E-state index in [1.54, 1.807) is 18.3 Å². The van der Waals surface area contributed by atoms with Crippen molar-refractivity contribution in [2.24, 2.45) is 5.92 Å². The first-order valence-electron chi connectivity index (χ1n) is 6.24. The molecular formula is C13H20N2OS. The average molecular weight is 252 g/mol. The Balaban J connectivity index is 2.22. The van der Waals surface area contributed by atoms with Crippen molar-refractivity contribution in [3.63, 3.8) is 0 Å². The molecule has 17 heavy (non-hydrogen) atoms. The van der Waals surface area contributed by atoms with E-state index in [2.05, 4.69) is 23.7 Å². The minimum atomic E-state index is 0.129. The molecule has 1 fully saturated rings. The summed E-state index contributed by atoms with van der Waals surface area (Å²) >= 11 is 1.54. The molecule has 0 saturated carbocycles. The van der Waals surface area contributed by atoms with Crippen LogP contribution in [-0.4, -0.2) is 23.4 Å². The number of rotatable bonds is 2. The Morgan fingerprint density at radius 2 is 2.18 bits per heavy atom. The molecule has 94 valence electrons. The Morgan fingerprint density at radius 1 is 1.47 bits per heavy atom. The van der Waals surface area contributed by atoms with E-state index in [0.29, 0.717) is 6.04 Å². The van der Waals surface area contributed by atoms with Crippen molar-refractivity contribution in [1.82, 2.24) is 4.98 Å². The number of piperidine rings is 1. The van der Waals surface area contributed by atoms with Gasteiger partial charge in [-0.2, -0.15) is 0 Å². The molecule has 0 spiro atoms. The highest BCUT2D eigenvalue weighted by Gasteiger charge is 2.26. The number of aryl methyl sites for hydroxylation is 1. The number of Topliss-reactive ketones (excluding diaryl/α,β-unsaturated/α-hetero) is 1. The third-order valence-electron chi connectivity index (χ3n) is 3.49. The quantitative estimate of drug-likeness (QED) is 0.757. The Bertz CT molecular complexity index is 427. The number of anilines is 1. The lowest BCUT2D eigenvalue weighted by Gasteiger charge is -2.36. The van der Waals surface area contributed by atoms with Crippen LogP contribution >= 0.6 is 11.3 Å². The number of ketones is 1. The maximum Gasteiger partial charge on any atom is 0.186 e. The van der Waals surface area contributed by atoms with E-state index in [-0.39, 0.29) is 5.78 Å². The molecule has 2 rings (SSSR count). The third-order valence-corrected chi connectivity index (χ3v) is 4.78. The van der Waals surface area contributed by atoms with Gasteiger partial charge in [-0.25, -0.2) is 4.98 Å². The van der Waals surface area contributed by atoms with Crippen molar-refractivity contribution in [2.75, 3.05) is 11.4 Å². The SMILES string of the molecule is CC(=O)c1sc(N2CCC(C)CC2C)nc1C. The van der Waals surface area contributed by atoms with E-state index in [4.69, 9.17) is 0 Å². The van der Waals surface area contributed by atoms with E-state index in [1.807, 2.05) is 6.92 Å². The van der Waals surface area contributed by atoms with Crippen LogP contribution in [0.15, 0.2) is 0 Å². The predicted octanol–water partition coefficient (Wildman–Crippen LogP) is 3.28. The maximum atomic E-state index is 11.4. The lowest BCUT2D eigenvalue weighted by molar-refractivity contribution is 0.102. The van der Waals surface area contributed by atoms with Crippen LogP contribution in [0.25, 0.3) is 0 Å². The highest BCUT2D eigenvalue weighted by Crippen LogP contribution is 2.32. The minimum absolute atomic E-state index is 0.129. The number of carbonyl (C=O) groups is 1. The summed E-state index contributed by atoms with van der Waals surface area (Å²) in [5, 5.41) is 1.02. The van der Waals surface area contributed by atoms with E-state index >= 15 is 0 Å². The molecule has 2 heterocycles. The predicted molar refractivity (Wildman–Crippen MR) is 72.1 cm³/mol. The molecule has 1 aliphatic rings. The molecule has 1 aliphatic heterocycles. The lowest BCUT2D eigenvalue weighted by Crippen LogP contribution is -2.40. The molecule has 1 saturated heterocycles. The summed E-state index contributed by atoms with van der Waals surface area (Å²) in [7, 11) is 0. The average Bonchev–Trinajstić information content (AvgIpc) is 2.60. The van der Waals surface area contributed by atoms with Gasteiger partial charge in [0, 0.05) is 19.5 Å². The fraction of sp³-hybridized carbons (Fsp3) is 0.692. The van der Waals surface area contributed by atoms with E-state index in [9.17, 15) is 4.79 Å². The minimum Gasteiger partial charge on any atom is -0.345 e. The summed E-state index contributed by atoms with van der Waals surface area (Å²) in [4.78, 5) is 19.2. The van der Waals surface area contributed by atoms with Gasteiger partial charge in [0.2, 0.25) is 0 Å². The zero-order chi connectivity index (χ0) is 12.6. The van der Waals surface area contributed by atoms with Crippen molar-refractivity contribution < 1.29 is 4.79 Å². The largest absolute Gasteiger partial charge is 0.345 e. The summed E-state index contributed by atoms with van der Waals surface area (Å²) in [6.45, 7) is 9.16. The summed E-state index contributed by atoms with van der Waals surface area (Å²) < 4.78 is 0. The van der Waals surface area contributed by atoms with Crippen LogP contribution in [0, 0.1) is 12.8 Å². The van der Waals surface area contributed by atoms with Crippen LogP contribution < -0.4 is 4.90 Å². The second-order valence-corrected chi connectivity index (χ2v) is 6.12. The van der Waals surface area contributed by atoms with Gasteiger partial charge in [0.05, 0.1) is 10.6 Å². The molecule has 0 radical (unpaired) electrons. The third kappa shape index (κ3) is 2.51. The maximum absolute atomic E-state index is 11.4. The van der Waals surface area contributed by atoms with Gasteiger partial charge in [0.25, 0.3) is 0 Å². The fourth-order valence-corrected chi connectivity index (χ4v) is 3.61. The first-order chi connectivity index (χ1) is 7.99. The fourth-order valence-electron chi connectivity index (χ4n) is 2.52. The highest BCUT2D eigenvalue weighted by molar-refractivity contribution is 7.17. The van der Waals surface area contributed by atoms with Gasteiger partial charge >= 0.3 is 0 Å². The van der Waals surface area contributed by atoms with E-state index < -0.39 is 0 Å². The summed E-state index contributed by atoms with van der Waals surface area (Å²) in [5.74, 6) is 0.930. The van der Waals surface area contributed by atoms with Gasteiger partial charge in [-0.15, -0.1) is 0 Å². The Kier molecular flexibility index (Phi) is 3.52. The molecule has 1 aromatic rings. The van der Waals surface area contributed by atoms with Crippen LogP contribution in [0.1, 0.15) is 49.0 Å². The van der Waals surface area contributed by atoms with Crippen LogP contribution in [-0.2, 0) is 0 Å². The summed E-state index contributed by atoms with van der Waals surface area (Å²) in [6.07, 6.45) is 2.44. The van der Waals surface area contributed by atoms with Crippen LogP contribution in [0.5, 0.6) is 0 Å². The molecule has 4 heteroatoms. The van der Waals surface area contributed by atoms with Gasteiger partial charge in [0.1, 0.15) is 0 Å². The van der Waals surface area contributed by atoms with Crippen molar-refractivity contribution in [3.05, 3.63) is 10.6 Å². The van der Waals surface area contributed by atoms with Gasteiger partial charge in [0.15, 0.2) is 10.9 Å². The Morgan fingerprint density at radius 3 is 2.71 bits per heavy atom. The van der Waals surface area contributed by atoms with Crippen molar-refractivity contribution in [2.45, 2.75) is 46.6 Å². The number of carbonyl (C=O) groups excluding carboxylic acids is 1. The zero-order valence-electron chi connectivity index (χ0n) is 11.0. The van der Waals surface area contributed by atoms with Gasteiger partial charge in [-0.1, -0.05) is 18.3 Å². The summed E-state index contributed by atoms with van der Waals surface area (Å²) in [5.41, 5.74) is 0.878. The van der Waals surface area contributed by atoms with Crippen LogP contribution in [0.3, 0.4) is 0 Å². The molecule has 0 N–H and O–H groups in total. The Labute approximate surface area is 107 Å². The summed E-state index contributed by atoms with van der Waals surface area (Å²) in [6, 6.07) is 0.532. The van der Waals surface area contributed by atoms with Crippen LogP contribution in [0.2, 0.25) is 0 Å². The second-order valence-electron chi connectivity index (χ2n) is 5.14. The van der Waals surface area contributed by atoms with Crippen molar-refractivity contribution >= 4 is 22.3 Å². The molecule has 0 aromatic carbocycles. The molecule has 0 aliphatic carbocycles. The monoisotopic (exact) mass is 252 g/mol. The van der Waals surface area contributed by atoms with Gasteiger partial charge < -0.3 is 4.90 Å². The normalized spacial score (nSPS) is 25.1. The van der Waals surface area contributed by atoms with Crippen molar-refractivity contribution in [3.8, 4) is 0 Å². The number of thiazole rings is 1. The highest BCUT2D eigenvalue weighted by atomic mass is 32.1. The number of nitrogens with zero attached hydrogens (tertiary/aromatic N) is 2. The number of hydrogen-bond acceptors (Lipinski definition) is 4. The van der Waals surface area contributed by atoms with E-state index in [0.717, 1.165) is 28.2 Å². The van der Waals surface area contributed by atoms with Crippen molar-refractivity contribution in [1.29, 1.82) is 0 Å². The molecule has 0 bridgehead atoms. The zero-order valence-corrected chi connectivity index (χ0v) is 11.8. The molecule has 0 amide bonds. The number of hydrogen-bond donors (Lipinski definition) is 0. The van der Waals surface area contributed by atoms with Gasteiger partial charge in [-0.3, -0.25) is 4.79 Å². The van der Waals surface area contributed by atoms with Gasteiger partial charge in [-0.05, 0) is 32.6 Å². The molecule has 2 unspecified atom stereocenters. The van der Waals surface area contributed by atoms with E-state index in [1.165, 1.54) is 12.8 Å². The first-order valence-corrected chi connectivity index (χ1v) is 7.05. The number of aromatic nitrogens is 1. The Hall–Kier alpha value is -0.900. The lowest BCUT2D eigenvalue weighted by atomic mass is 9.94. The molecule has 2 atom stereocenters. The standard InChI is InChI=1S/C13H20N2OS/c1-8-5-6-15(9(2)7-8)13-14-10(3)12(17-13)11(4)16/h8-9H,5-7H2,1-4H3. The topological polar surface area (TPSA) is 33.2 Å². The molecule has 1 aromatic heterocycles. The second kappa shape index (κ2) is 4.77.